The Morgan fingerprint density at radius 1 is 1.16 bits per heavy atom. The van der Waals surface area contributed by atoms with E-state index in [2.05, 4.69) is 20.7 Å². The van der Waals surface area contributed by atoms with Crippen LogP contribution in [-0.4, -0.2) is 66.6 Å². The van der Waals surface area contributed by atoms with Crippen molar-refractivity contribution in [1.82, 2.24) is 24.5 Å². The molecule has 0 bridgehead atoms. The molecule has 1 fully saturated rings. The predicted molar refractivity (Wildman–Crippen MR) is 165 cm³/mol. The van der Waals surface area contributed by atoms with Gasteiger partial charge in [-0.3, -0.25) is 4.79 Å². The number of sulfonamides is 1. The van der Waals surface area contributed by atoms with Crippen molar-refractivity contribution >= 4 is 32.8 Å². The lowest BCUT2D eigenvalue weighted by Crippen LogP contribution is -2.34. The van der Waals surface area contributed by atoms with Crippen molar-refractivity contribution in [3.63, 3.8) is 0 Å². The monoisotopic (exact) mass is 627 g/mol. The Hall–Kier alpha value is -5.26. The summed E-state index contributed by atoms with van der Waals surface area (Å²) in [7, 11) is -2.62. The fraction of sp³-hybridized carbons (Fsp3) is 0.258. The van der Waals surface area contributed by atoms with E-state index in [1.165, 1.54) is 30.4 Å². The molecule has 1 aromatic carbocycles. The number of para-hydroxylation sites is 1. The molecule has 13 nitrogen and oxygen atoms in total. The molecule has 0 atom stereocenters. The van der Waals surface area contributed by atoms with Crippen LogP contribution in [0.4, 0.5) is 5.82 Å². The van der Waals surface area contributed by atoms with E-state index in [1.54, 1.807) is 12.3 Å². The minimum Gasteiger partial charge on any atom is -0.469 e. The molecule has 1 N–H and O–H groups in total. The van der Waals surface area contributed by atoms with Crippen molar-refractivity contribution in [3.8, 4) is 34.5 Å². The number of aromatic nitrogens is 4. The molecule has 45 heavy (non-hydrogen) atoms. The first-order valence-electron chi connectivity index (χ1n) is 14.2. The van der Waals surface area contributed by atoms with E-state index < -0.39 is 21.7 Å². The number of piperidine rings is 1. The number of carbonyl (C=O) groups excluding carboxylic acids is 1. The quantitative estimate of drug-likeness (QED) is 0.234. The Morgan fingerprint density at radius 2 is 1.96 bits per heavy atom. The number of rotatable bonds is 10. The van der Waals surface area contributed by atoms with Crippen LogP contribution in [-0.2, 0) is 14.8 Å². The third kappa shape index (κ3) is 6.49. The minimum absolute atomic E-state index is 0.0447. The maximum atomic E-state index is 13.4. The third-order valence-electron chi connectivity index (χ3n) is 7.41. The van der Waals surface area contributed by atoms with Crippen molar-refractivity contribution in [1.29, 1.82) is 5.26 Å². The summed E-state index contributed by atoms with van der Waals surface area (Å²) in [6, 6.07) is 18.4. The number of anilines is 1. The number of fused-ring (bicyclic) bond motifs is 1. The first kappa shape index (κ1) is 29.8. The van der Waals surface area contributed by atoms with Gasteiger partial charge in [-0.1, -0.05) is 18.2 Å². The average molecular weight is 628 g/mol. The highest BCUT2D eigenvalue weighted by Gasteiger charge is 2.26. The van der Waals surface area contributed by atoms with Crippen LogP contribution >= 0.6 is 0 Å². The van der Waals surface area contributed by atoms with Crippen LogP contribution in [0.1, 0.15) is 23.3 Å². The van der Waals surface area contributed by atoms with Gasteiger partial charge in [0.1, 0.15) is 17.8 Å². The summed E-state index contributed by atoms with van der Waals surface area (Å²) < 4.78 is 45.0. The van der Waals surface area contributed by atoms with Gasteiger partial charge in [0.25, 0.3) is 5.91 Å². The molecule has 14 heteroatoms. The Kier molecular flexibility index (Phi) is 8.45. The molecule has 1 amide bonds. The zero-order chi connectivity index (χ0) is 31.4. The Labute approximate surface area is 259 Å². The second-order valence-electron chi connectivity index (χ2n) is 10.4. The number of ether oxygens (including phenoxy) is 2. The van der Waals surface area contributed by atoms with Gasteiger partial charge in [0, 0.05) is 49.5 Å². The average Bonchev–Trinajstić information content (AvgIpc) is 3.72. The summed E-state index contributed by atoms with van der Waals surface area (Å²) in [5.74, 6) is 0.102. The number of methoxy groups -OCH3 is 1. The summed E-state index contributed by atoms with van der Waals surface area (Å²) in [5, 5.41) is 14.4. The van der Waals surface area contributed by atoms with Crippen LogP contribution in [0.2, 0.25) is 0 Å². The van der Waals surface area contributed by atoms with Crippen LogP contribution in [0, 0.1) is 17.2 Å². The first-order valence-corrected chi connectivity index (χ1v) is 15.8. The van der Waals surface area contributed by atoms with Crippen LogP contribution in [0.25, 0.3) is 27.8 Å². The zero-order valence-electron chi connectivity index (χ0n) is 24.3. The molecule has 230 valence electrons. The Balaban J connectivity index is 1.49. The van der Waals surface area contributed by atoms with Crippen LogP contribution in [0.15, 0.2) is 77.7 Å². The van der Waals surface area contributed by atoms with Crippen molar-refractivity contribution in [3.05, 3.63) is 79.0 Å². The van der Waals surface area contributed by atoms with E-state index in [-0.39, 0.29) is 29.7 Å². The summed E-state index contributed by atoms with van der Waals surface area (Å²) >= 11 is 0. The molecule has 0 aliphatic carbocycles. The van der Waals surface area contributed by atoms with E-state index in [1.807, 2.05) is 42.5 Å². The maximum absolute atomic E-state index is 13.4. The van der Waals surface area contributed by atoms with Gasteiger partial charge in [-0.05, 0) is 43.2 Å². The SMILES string of the molecule is COCCS(=O)(=O)NC(=O)c1cc(-c2ccc(N3CCC(C#N)CC3)nc2)c2c(Oc3ccoc3)nn(-c3ccccc3)c2n1. The number of furan rings is 1. The summed E-state index contributed by atoms with van der Waals surface area (Å²) in [5.41, 5.74) is 1.89. The van der Waals surface area contributed by atoms with Gasteiger partial charge in [-0.25, -0.2) is 27.8 Å². The molecule has 1 aliphatic heterocycles. The molecule has 4 aromatic heterocycles. The molecular weight excluding hydrogens is 598 g/mol. The Morgan fingerprint density at radius 3 is 2.62 bits per heavy atom. The van der Waals surface area contributed by atoms with Crippen LogP contribution < -0.4 is 14.4 Å². The van der Waals surface area contributed by atoms with Gasteiger partial charge in [0.15, 0.2) is 11.4 Å². The predicted octanol–water partition coefficient (Wildman–Crippen LogP) is 4.31. The lowest BCUT2D eigenvalue weighted by Gasteiger charge is -2.30. The standard InChI is InChI=1S/C31H29N7O6S/c1-42-15-16-45(40,41)36-30(39)26-17-25(22-7-8-27(33-19-22)37-12-9-21(18-32)10-13-37)28-29(34-26)38(23-5-3-2-4-6-23)35-31(28)44-24-11-14-43-20-24/h2-8,11,14,17,19-21H,9-10,12-13,15-16H2,1H3,(H,36,39). The molecule has 0 saturated carbocycles. The number of nitrogens with one attached hydrogen (secondary N) is 1. The molecule has 1 aliphatic rings. The minimum atomic E-state index is -4.00. The highest BCUT2D eigenvalue weighted by molar-refractivity contribution is 7.90. The van der Waals surface area contributed by atoms with E-state index in [0.29, 0.717) is 28.0 Å². The lowest BCUT2D eigenvalue weighted by molar-refractivity contribution is 0.0976. The van der Waals surface area contributed by atoms with Gasteiger partial charge in [-0.15, -0.1) is 5.10 Å². The van der Waals surface area contributed by atoms with Crippen LogP contribution in [0.5, 0.6) is 11.6 Å². The molecule has 1 saturated heterocycles. The Bertz CT molecular complexity index is 1950. The van der Waals surface area contributed by atoms with Crippen molar-refractivity contribution in [2.24, 2.45) is 5.92 Å². The number of carbonyl (C=O) groups is 1. The highest BCUT2D eigenvalue weighted by Crippen LogP contribution is 2.38. The summed E-state index contributed by atoms with van der Waals surface area (Å²) in [6.07, 6.45) is 6.12. The fourth-order valence-electron chi connectivity index (χ4n) is 5.08. The van der Waals surface area contributed by atoms with E-state index in [0.717, 1.165) is 31.7 Å². The van der Waals surface area contributed by atoms with E-state index >= 15 is 0 Å². The molecule has 0 unspecified atom stereocenters. The van der Waals surface area contributed by atoms with Crippen LogP contribution in [0.3, 0.4) is 0 Å². The summed E-state index contributed by atoms with van der Waals surface area (Å²) in [6.45, 7) is 1.36. The largest absolute Gasteiger partial charge is 0.469 e. The number of nitrogens with zero attached hydrogens (tertiary/aromatic N) is 6. The topological polar surface area (TPSA) is 165 Å². The third-order valence-corrected chi connectivity index (χ3v) is 8.61. The van der Waals surface area contributed by atoms with Gasteiger partial charge in [0.2, 0.25) is 15.9 Å². The van der Waals surface area contributed by atoms with Crippen molar-refractivity contribution < 1.29 is 27.1 Å². The van der Waals surface area contributed by atoms with E-state index in [4.69, 9.17) is 24.0 Å². The second-order valence-corrected chi connectivity index (χ2v) is 12.2. The number of pyridine rings is 2. The van der Waals surface area contributed by atoms with Gasteiger partial charge >= 0.3 is 0 Å². The fourth-order valence-corrected chi connectivity index (χ4v) is 5.95. The molecule has 5 aromatic rings. The van der Waals surface area contributed by atoms with Gasteiger partial charge in [0.05, 0.1) is 35.8 Å². The van der Waals surface area contributed by atoms with Crippen molar-refractivity contribution in [2.75, 3.05) is 37.5 Å². The molecule has 0 spiro atoms. The van der Waals surface area contributed by atoms with Gasteiger partial charge in [-0.2, -0.15) is 5.26 Å². The molecular formula is C31H29N7O6S. The number of hydrogen-bond acceptors (Lipinski definition) is 11. The molecule has 6 rings (SSSR count). The zero-order valence-corrected chi connectivity index (χ0v) is 25.1. The number of amides is 1. The highest BCUT2D eigenvalue weighted by atomic mass is 32.2. The van der Waals surface area contributed by atoms with Crippen molar-refractivity contribution in [2.45, 2.75) is 12.8 Å². The lowest BCUT2D eigenvalue weighted by atomic mass is 9.98. The maximum Gasteiger partial charge on any atom is 0.283 e. The van der Waals surface area contributed by atoms with Gasteiger partial charge < -0.3 is 18.8 Å². The smallest absolute Gasteiger partial charge is 0.283 e. The second kappa shape index (κ2) is 12.8. The first-order chi connectivity index (χ1) is 21.8. The number of hydrogen-bond donors (Lipinski definition) is 1. The molecule has 5 heterocycles. The summed E-state index contributed by atoms with van der Waals surface area (Å²) in [4.78, 5) is 24.8. The van der Waals surface area contributed by atoms with E-state index in [9.17, 15) is 18.5 Å². The number of nitriles is 1. The normalized spacial score (nSPS) is 13.9. The molecule has 0 radical (unpaired) electrons. The number of benzene rings is 1.